The molecule has 0 aliphatic rings. The van der Waals surface area contributed by atoms with Crippen LogP contribution in [0.4, 0.5) is 0 Å². The van der Waals surface area contributed by atoms with Crippen molar-refractivity contribution < 1.29 is 5.11 Å². The van der Waals surface area contributed by atoms with Crippen LogP contribution in [0.1, 0.15) is 20.3 Å². The topological polar surface area (TPSA) is 38.0 Å². The van der Waals surface area contributed by atoms with Gasteiger partial charge in [0, 0.05) is 24.7 Å². The largest absolute Gasteiger partial charge is 0.396 e. The summed E-state index contributed by atoms with van der Waals surface area (Å²) >= 11 is 1.61. The third-order valence-corrected chi connectivity index (χ3v) is 2.93. The van der Waals surface area contributed by atoms with Crippen LogP contribution in [0.25, 0.3) is 0 Å². The van der Waals surface area contributed by atoms with Gasteiger partial charge in [0.2, 0.25) is 0 Å². The molecule has 0 amide bonds. The van der Waals surface area contributed by atoms with Gasteiger partial charge in [0.1, 0.15) is 0 Å². The highest BCUT2D eigenvalue weighted by molar-refractivity contribution is 7.99. The molecule has 1 aromatic rings. The molecule has 0 atom stereocenters. The zero-order chi connectivity index (χ0) is 10.4. The lowest BCUT2D eigenvalue weighted by Crippen LogP contribution is -2.02. The van der Waals surface area contributed by atoms with Crippen molar-refractivity contribution in [1.82, 2.24) is 9.55 Å². The molecule has 1 N–H and O–H groups in total. The molecule has 14 heavy (non-hydrogen) atoms. The number of rotatable bonds is 6. The van der Waals surface area contributed by atoms with Gasteiger partial charge in [-0.15, -0.1) is 0 Å². The Morgan fingerprint density at radius 1 is 1.57 bits per heavy atom. The lowest BCUT2D eigenvalue weighted by atomic mass is 10.1. The van der Waals surface area contributed by atoms with E-state index in [-0.39, 0.29) is 6.61 Å². The number of aliphatic hydroxyl groups excluding tert-OH is 1. The Labute approximate surface area is 89.5 Å². The van der Waals surface area contributed by atoms with Gasteiger partial charge in [-0.2, -0.15) is 0 Å². The van der Waals surface area contributed by atoms with Gasteiger partial charge >= 0.3 is 0 Å². The minimum atomic E-state index is 0.210. The highest BCUT2D eigenvalue weighted by Crippen LogP contribution is 2.16. The first kappa shape index (κ1) is 11.6. The highest BCUT2D eigenvalue weighted by atomic mass is 32.2. The molecular weight excluding hydrogens is 196 g/mol. The quantitative estimate of drug-likeness (QED) is 0.736. The summed E-state index contributed by atoms with van der Waals surface area (Å²) in [4.78, 5) is 4.25. The van der Waals surface area contributed by atoms with Gasteiger partial charge in [0.05, 0.1) is 6.61 Å². The third kappa shape index (κ3) is 3.72. The lowest BCUT2D eigenvalue weighted by Gasteiger charge is -2.08. The average molecular weight is 214 g/mol. The zero-order valence-corrected chi connectivity index (χ0v) is 9.63. The van der Waals surface area contributed by atoms with Gasteiger partial charge in [-0.25, -0.2) is 4.98 Å². The van der Waals surface area contributed by atoms with E-state index in [9.17, 15) is 0 Å². The minimum Gasteiger partial charge on any atom is -0.396 e. The van der Waals surface area contributed by atoms with E-state index >= 15 is 0 Å². The molecule has 0 bridgehead atoms. The van der Waals surface area contributed by atoms with E-state index in [1.807, 2.05) is 12.4 Å². The van der Waals surface area contributed by atoms with Gasteiger partial charge in [0.15, 0.2) is 5.16 Å². The van der Waals surface area contributed by atoms with E-state index < -0.39 is 0 Å². The standard InChI is InChI=1S/C10H18N2OS/c1-9(2)3-5-12-6-4-11-10(12)14-8-7-13/h4,6,9,13H,3,5,7-8H2,1-2H3. The SMILES string of the molecule is CC(C)CCn1ccnc1SCCO. The number of thioether (sulfide) groups is 1. The maximum Gasteiger partial charge on any atom is 0.168 e. The summed E-state index contributed by atoms with van der Waals surface area (Å²) in [7, 11) is 0. The van der Waals surface area contributed by atoms with Crippen molar-refractivity contribution in [3.8, 4) is 0 Å². The molecule has 1 aromatic heterocycles. The number of hydrogen-bond acceptors (Lipinski definition) is 3. The molecule has 1 heterocycles. The molecular formula is C10H18N2OS. The van der Waals surface area contributed by atoms with Crippen LogP contribution in [0.5, 0.6) is 0 Å². The van der Waals surface area contributed by atoms with E-state index in [1.165, 1.54) is 6.42 Å². The van der Waals surface area contributed by atoms with Crippen molar-refractivity contribution in [2.75, 3.05) is 12.4 Å². The van der Waals surface area contributed by atoms with Crippen molar-refractivity contribution in [1.29, 1.82) is 0 Å². The predicted octanol–water partition coefficient (Wildman–Crippen LogP) is 2.01. The molecule has 3 nitrogen and oxygen atoms in total. The van der Waals surface area contributed by atoms with Gasteiger partial charge in [-0.05, 0) is 12.3 Å². The molecule has 0 saturated carbocycles. The first-order valence-electron chi connectivity index (χ1n) is 4.99. The molecule has 0 spiro atoms. The summed E-state index contributed by atoms with van der Waals surface area (Å²) in [6, 6.07) is 0. The van der Waals surface area contributed by atoms with Crippen LogP contribution in [0.15, 0.2) is 17.6 Å². The number of aryl methyl sites for hydroxylation is 1. The van der Waals surface area contributed by atoms with Crippen LogP contribution in [0.2, 0.25) is 0 Å². The fraction of sp³-hybridized carbons (Fsp3) is 0.700. The second kappa shape index (κ2) is 6.09. The van der Waals surface area contributed by atoms with E-state index in [0.29, 0.717) is 5.92 Å². The maximum absolute atomic E-state index is 8.72. The summed E-state index contributed by atoms with van der Waals surface area (Å²) in [5.74, 6) is 1.44. The van der Waals surface area contributed by atoms with E-state index in [0.717, 1.165) is 17.5 Å². The number of nitrogens with zero attached hydrogens (tertiary/aromatic N) is 2. The molecule has 80 valence electrons. The number of aliphatic hydroxyl groups is 1. The summed E-state index contributed by atoms with van der Waals surface area (Å²) in [6.07, 6.45) is 4.99. The third-order valence-electron chi connectivity index (χ3n) is 1.95. The Morgan fingerprint density at radius 3 is 3.00 bits per heavy atom. The monoisotopic (exact) mass is 214 g/mol. The smallest absolute Gasteiger partial charge is 0.168 e. The Morgan fingerprint density at radius 2 is 2.36 bits per heavy atom. The number of imidazole rings is 1. The fourth-order valence-electron chi connectivity index (χ4n) is 1.14. The maximum atomic E-state index is 8.72. The molecule has 0 aliphatic carbocycles. The second-order valence-corrected chi connectivity index (χ2v) is 4.72. The van der Waals surface area contributed by atoms with Crippen molar-refractivity contribution in [2.45, 2.75) is 32.0 Å². The highest BCUT2D eigenvalue weighted by Gasteiger charge is 2.03. The van der Waals surface area contributed by atoms with Crippen LogP contribution < -0.4 is 0 Å². The first-order valence-corrected chi connectivity index (χ1v) is 5.97. The Balaban J connectivity index is 2.45. The average Bonchev–Trinajstić information content (AvgIpc) is 2.58. The van der Waals surface area contributed by atoms with Crippen LogP contribution in [-0.4, -0.2) is 27.0 Å². The molecule has 4 heteroatoms. The van der Waals surface area contributed by atoms with Gasteiger partial charge in [-0.3, -0.25) is 0 Å². The van der Waals surface area contributed by atoms with Crippen molar-refractivity contribution >= 4 is 11.8 Å². The van der Waals surface area contributed by atoms with Crippen LogP contribution >= 0.6 is 11.8 Å². The Bertz CT molecular complexity index is 260. The van der Waals surface area contributed by atoms with Crippen LogP contribution in [0, 0.1) is 5.92 Å². The summed E-state index contributed by atoms with van der Waals surface area (Å²) in [6.45, 7) is 5.67. The van der Waals surface area contributed by atoms with E-state index in [2.05, 4.69) is 23.4 Å². The Hall–Kier alpha value is -0.480. The number of aromatic nitrogens is 2. The summed E-state index contributed by atoms with van der Waals surface area (Å²) < 4.78 is 2.15. The lowest BCUT2D eigenvalue weighted by molar-refractivity contribution is 0.322. The van der Waals surface area contributed by atoms with Gasteiger partial charge < -0.3 is 9.67 Å². The van der Waals surface area contributed by atoms with Crippen molar-refractivity contribution in [3.63, 3.8) is 0 Å². The molecule has 0 fully saturated rings. The van der Waals surface area contributed by atoms with Crippen LogP contribution in [0.3, 0.4) is 0 Å². The van der Waals surface area contributed by atoms with E-state index in [1.54, 1.807) is 11.8 Å². The minimum absolute atomic E-state index is 0.210. The summed E-state index contributed by atoms with van der Waals surface area (Å²) in [5, 5.41) is 9.73. The normalized spacial score (nSPS) is 11.1. The second-order valence-electron chi connectivity index (χ2n) is 3.66. The molecule has 0 radical (unpaired) electrons. The molecule has 0 aliphatic heterocycles. The fourth-order valence-corrected chi connectivity index (χ4v) is 1.87. The van der Waals surface area contributed by atoms with E-state index in [4.69, 9.17) is 5.11 Å². The van der Waals surface area contributed by atoms with Gasteiger partial charge in [0.25, 0.3) is 0 Å². The molecule has 0 unspecified atom stereocenters. The van der Waals surface area contributed by atoms with Crippen molar-refractivity contribution in [2.24, 2.45) is 5.92 Å². The zero-order valence-electron chi connectivity index (χ0n) is 8.81. The first-order chi connectivity index (χ1) is 6.74. The molecule has 1 rings (SSSR count). The van der Waals surface area contributed by atoms with Crippen LogP contribution in [-0.2, 0) is 6.54 Å². The molecule has 0 aromatic carbocycles. The molecule has 0 saturated heterocycles. The van der Waals surface area contributed by atoms with Crippen molar-refractivity contribution in [3.05, 3.63) is 12.4 Å². The Kier molecular flexibility index (Phi) is 5.04. The number of hydrogen-bond donors (Lipinski definition) is 1. The summed E-state index contributed by atoms with van der Waals surface area (Å²) in [5.41, 5.74) is 0. The predicted molar refractivity (Wildman–Crippen MR) is 59.5 cm³/mol. The van der Waals surface area contributed by atoms with Gasteiger partial charge in [-0.1, -0.05) is 25.6 Å².